The molecule has 5 rings (SSSR count). The molecule has 4 aromatic rings. The molecular formula is C26H21NO4. The fourth-order valence-corrected chi connectivity index (χ4v) is 4.17. The zero-order valence-electron chi connectivity index (χ0n) is 17.1. The van der Waals surface area contributed by atoms with Crippen molar-refractivity contribution in [3.63, 3.8) is 0 Å². The summed E-state index contributed by atoms with van der Waals surface area (Å²) >= 11 is 0. The molecule has 1 aromatic heterocycles. The molecule has 0 unspecified atom stereocenters. The van der Waals surface area contributed by atoms with Gasteiger partial charge in [-0.25, -0.2) is 0 Å². The van der Waals surface area contributed by atoms with Crippen molar-refractivity contribution in [2.24, 2.45) is 0 Å². The highest BCUT2D eigenvalue weighted by Gasteiger charge is 2.42. The third-order valence-corrected chi connectivity index (χ3v) is 5.58. The second-order valence-electron chi connectivity index (χ2n) is 7.49. The summed E-state index contributed by atoms with van der Waals surface area (Å²) in [6.07, 6.45) is 0. The predicted octanol–water partition coefficient (Wildman–Crippen LogP) is 4.94. The van der Waals surface area contributed by atoms with Crippen molar-refractivity contribution in [3.05, 3.63) is 112 Å². The first-order chi connectivity index (χ1) is 15.2. The van der Waals surface area contributed by atoms with Crippen molar-refractivity contribution in [2.75, 3.05) is 6.61 Å². The molecule has 1 aliphatic heterocycles. The van der Waals surface area contributed by atoms with E-state index >= 15 is 0 Å². The summed E-state index contributed by atoms with van der Waals surface area (Å²) in [5, 5.41) is 0.478. The molecular weight excluding hydrogens is 390 g/mol. The van der Waals surface area contributed by atoms with Gasteiger partial charge in [0.05, 0.1) is 23.6 Å². The molecule has 31 heavy (non-hydrogen) atoms. The fraction of sp³-hybridized carbons (Fsp3) is 0.154. The predicted molar refractivity (Wildman–Crippen MR) is 118 cm³/mol. The molecule has 154 valence electrons. The Hall–Kier alpha value is -3.86. The Balaban J connectivity index is 1.68. The number of nitrogens with zero attached hydrogens (tertiary/aromatic N) is 1. The Morgan fingerprint density at radius 3 is 2.35 bits per heavy atom. The van der Waals surface area contributed by atoms with E-state index in [2.05, 4.69) is 0 Å². The minimum absolute atomic E-state index is 0.124. The van der Waals surface area contributed by atoms with Gasteiger partial charge in [0.15, 0.2) is 5.43 Å². The zero-order chi connectivity index (χ0) is 21.4. The second-order valence-corrected chi connectivity index (χ2v) is 7.49. The number of carbonyl (C=O) groups is 1. The number of hydrogen-bond acceptors (Lipinski definition) is 4. The van der Waals surface area contributed by atoms with Gasteiger partial charge < -0.3 is 14.1 Å². The number of para-hydroxylation sites is 1. The van der Waals surface area contributed by atoms with Gasteiger partial charge in [0, 0.05) is 6.54 Å². The maximum atomic E-state index is 13.5. The van der Waals surface area contributed by atoms with Gasteiger partial charge in [-0.15, -0.1) is 0 Å². The van der Waals surface area contributed by atoms with Gasteiger partial charge in [-0.3, -0.25) is 9.59 Å². The molecule has 0 aliphatic carbocycles. The van der Waals surface area contributed by atoms with Crippen molar-refractivity contribution < 1.29 is 13.9 Å². The monoisotopic (exact) mass is 411 g/mol. The third-order valence-electron chi connectivity index (χ3n) is 5.58. The topological polar surface area (TPSA) is 59.8 Å². The molecule has 3 aromatic carbocycles. The van der Waals surface area contributed by atoms with Crippen LogP contribution in [0.1, 0.15) is 40.2 Å². The van der Waals surface area contributed by atoms with Gasteiger partial charge in [0.2, 0.25) is 5.76 Å². The molecule has 2 heterocycles. The SMILES string of the molecule is CCOc1ccc([C@@H]2c3c(oc4ccccc4c3=O)C(=O)N2Cc2ccccc2)cc1. The Bertz CT molecular complexity index is 1310. The molecule has 0 spiro atoms. The van der Waals surface area contributed by atoms with Crippen molar-refractivity contribution >= 4 is 16.9 Å². The van der Waals surface area contributed by atoms with Crippen LogP contribution in [0.25, 0.3) is 11.0 Å². The van der Waals surface area contributed by atoms with Crippen LogP contribution >= 0.6 is 0 Å². The molecule has 0 radical (unpaired) electrons. The number of ether oxygens (including phenoxy) is 1. The average Bonchev–Trinajstić information content (AvgIpc) is 3.07. The summed E-state index contributed by atoms with van der Waals surface area (Å²) in [4.78, 5) is 28.6. The Morgan fingerprint density at radius 2 is 1.61 bits per heavy atom. The van der Waals surface area contributed by atoms with E-state index in [4.69, 9.17) is 9.15 Å². The van der Waals surface area contributed by atoms with Crippen LogP contribution in [0.4, 0.5) is 0 Å². The van der Waals surface area contributed by atoms with Crippen LogP contribution in [0.5, 0.6) is 5.75 Å². The number of hydrogen-bond donors (Lipinski definition) is 0. The molecule has 0 saturated carbocycles. The molecule has 5 heteroatoms. The minimum Gasteiger partial charge on any atom is -0.494 e. The summed E-state index contributed by atoms with van der Waals surface area (Å²) in [5.41, 5.74) is 2.47. The van der Waals surface area contributed by atoms with Crippen LogP contribution < -0.4 is 10.2 Å². The zero-order valence-corrected chi connectivity index (χ0v) is 17.1. The summed E-state index contributed by atoms with van der Waals surface area (Å²) < 4.78 is 11.5. The minimum atomic E-state index is -0.528. The smallest absolute Gasteiger partial charge is 0.291 e. The third kappa shape index (κ3) is 3.28. The van der Waals surface area contributed by atoms with Gasteiger partial charge in [-0.2, -0.15) is 0 Å². The lowest BCUT2D eigenvalue weighted by Crippen LogP contribution is -2.29. The lowest BCUT2D eigenvalue weighted by Gasteiger charge is -2.25. The lowest BCUT2D eigenvalue weighted by atomic mass is 9.98. The standard InChI is InChI=1S/C26H21NO4/c1-2-30-19-14-12-18(13-15-19)23-22-24(28)20-10-6-7-11-21(20)31-25(22)26(29)27(23)16-17-8-4-3-5-9-17/h3-15,23H,2,16H2,1H3/t23-/m1/s1. The largest absolute Gasteiger partial charge is 0.494 e. The quantitative estimate of drug-likeness (QED) is 0.467. The van der Waals surface area contributed by atoms with Crippen LogP contribution in [0.15, 0.2) is 88.1 Å². The van der Waals surface area contributed by atoms with Crippen LogP contribution in [0, 0.1) is 0 Å². The Labute approximate surface area is 179 Å². The van der Waals surface area contributed by atoms with Crippen molar-refractivity contribution in [3.8, 4) is 5.75 Å². The van der Waals surface area contributed by atoms with E-state index < -0.39 is 6.04 Å². The van der Waals surface area contributed by atoms with Gasteiger partial charge in [-0.05, 0) is 42.3 Å². The van der Waals surface area contributed by atoms with Crippen LogP contribution in [0.3, 0.4) is 0 Å². The highest BCUT2D eigenvalue weighted by atomic mass is 16.5. The highest BCUT2D eigenvalue weighted by Crippen LogP contribution is 2.39. The maximum Gasteiger partial charge on any atom is 0.291 e. The van der Waals surface area contributed by atoms with Gasteiger partial charge in [-0.1, -0.05) is 54.6 Å². The van der Waals surface area contributed by atoms with E-state index in [1.54, 1.807) is 29.2 Å². The molecule has 1 atom stereocenters. The normalized spacial score (nSPS) is 15.3. The van der Waals surface area contributed by atoms with E-state index in [1.165, 1.54) is 0 Å². The number of fused-ring (bicyclic) bond motifs is 2. The van der Waals surface area contributed by atoms with Crippen LogP contribution in [0.2, 0.25) is 0 Å². The van der Waals surface area contributed by atoms with E-state index in [0.29, 0.717) is 29.7 Å². The first kappa shape index (κ1) is 19.1. The van der Waals surface area contributed by atoms with Gasteiger partial charge in [0.25, 0.3) is 5.91 Å². The molecule has 0 fully saturated rings. The Morgan fingerprint density at radius 1 is 0.903 bits per heavy atom. The summed E-state index contributed by atoms with van der Waals surface area (Å²) in [6, 6.07) is 23.8. The fourth-order valence-electron chi connectivity index (χ4n) is 4.17. The van der Waals surface area contributed by atoms with E-state index in [-0.39, 0.29) is 17.1 Å². The number of benzene rings is 3. The van der Waals surface area contributed by atoms with Crippen LogP contribution in [-0.4, -0.2) is 17.4 Å². The molecule has 0 saturated heterocycles. The van der Waals surface area contributed by atoms with Crippen molar-refractivity contribution in [2.45, 2.75) is 19.5 Å². The summed E-state index contributed by atoms with van der Waals surface area (Å²) in [7, 11) is 0. The lowest BCUT2D eigenvalue weighted by molar-refractivity contribution is 0.0714. The number of rotatable bonds is 5. The molecule has 1 amide bonds. The summed E-state index contributed by atoms with van der Waals surface area (Å²) in [6.45, 7) is 2.87. The molecule has 0 bridgehead atoms. The highest BCUT2D eigenvalue weighted by molar-refractivity contribution is 5.99. The average molecular weight is 411 g/mol. The van der Waals surface area contributed by atoms with Crippen molar-refractivity contribution in [1.29, 1.82) is 0 Å². The first-order valence-electron chi connectivity index (χ1n) is 10.3. The second kappa shape index (κ2) is 7.76. The van der Waals surface area contributed by atoms with E-state index in [0.717, 1.165) is 16.9 Å². The van der Waals surface area contributed by atoms with Crippen molar-refractivity contribution in [1.82, 2.24) is 4.90 Å². The van der Waals surface area contributed by atoms with E-state index in [9.17, 15) is 9.59 Å². The molecule has 5 nitrogen and oxygen atoms in total. The number of amides is 1. The van der Waals surface area contributed by atoms with E-state index in [1.807, 2.05) is 61.5 Å². The maximum absolute atomic E-state index is 13.5. The van der Waals surface area contributed by atoms with Crippen LogP contribution in [-0.2, 0) is 6.54 Å². The summed E-state index contributed by atoms with van der Waals surface area (Å²) in [5.74, 6) is 0.593. The number of carbonyl (C=O) groups excluding carboxylic acids is 1. The van der Waals surface area contributed by atoms with Gasteiger partial charge in [0.1, 0.15) is 11.3 Å². The Kier molecular flexibility index (Phi) is 4.79. The molecule has 0 N–H and O–H groups in total. The van der Waals surface area contributed by atoms with Gasteiger partial charge >= 0.3 is 0 Å². The first-order valence-corrected chi connectivity index (χ1v) is 10.3. The molecule has 1 aliphatic rings.